The van der Waals surface area contributed by atoms with Crippen LogP contribution < -0.4 is 5.32 Å². The SMILES string of the molecule is O=C(Nc1ccncc1F)C1=C(O)CCn2c1nc1cc(F)ccc12. The highest BCUT2D eigenvalue weighted by Gasteiger charge is 2.28. The van der Waals surface area contributed by atoms with E-state index in [4.69, 9.17) is 0 Å². The van der Waals surface area contributed by atoms with E-state index >= 15 is 0 Å². The van der Waals surface area contributed by atoms with Gasteiger partial charge in [0.1, 0.15) is 23.0 Å². The average molecular weight is 342 g/mol. The number of fused-ring (bicyclic) bond motifs is 3. The van der Waals surface area contributed by atoms with E-state index < -0.39 is 17.5 Å². The molecule has 1 amide bonds. The van der Waals surface area contributed by atoms with Gasteiger partial charge in [0.25, 0.3) is 5.91 Å². The highest BCUT2D eigenvalue weighted by atomic mass is 19.1. The van der Waals surface area contributed by atoms with Crippen molar-refractivity contribution in [3.8, 4) is 0 Å². The summed E-state index contributed by atoms with van der Waals surface area (Å²) in [6.45, 7) is 0.406. The second kappa shape index (κ2) is 5.66. The average Bonchev–Trinajstić information content (AvgIpc) is 2.93. The highest BCUT2D eigenvalue weighted by Crippen LogP contribution is 2.30. The van der Waals surface area contributed by atoms with Gasteiger partial charge in [0.05, 0.1) is 22.9 Å². The van der Waals surface area contributed by atoms with Gasteiger partial charge in [0.15, 0.2) is 5.82 Å². The third-order valence-electron chi connectivity index (χ3n) is 4.04. The summed E-state index contributed by atoms with van der Waals surface area (Å²) >= 11 is 0. The van der Waals surface area contributed by atoms with Gasteiger partial charge in [0.2, 0.25) is 0 Å². The molecule has 4 rings (SSSR count). The fourth-order valence-corrected chi connectivity index (χ4v) is 2.89. The van der Waals surface area contributed by atoms with Gasteiger partial charge < -0.3 is 15.0 Å². The summed E-state index contributed by atoms with van der Waals surface area (Å²) in [7, 11) is 0. The molecule has 2 N–H and O–H groups in total. The van der Waals surface area contributed by atoms with Crippen LogP contribution >= 0.6 is 0 Å². The molecule has 3 aromatic rings. The van der Waals surface area contributed by atoms with Gasteiger partial charge in [-0.05, 0) is 18.2 Å². The normalized spacial score (nSPS) is 13.8. The van der Waals surface area contributed by atoms with Crippen LogP contribution in [0.1, 0.15) is 12.2 Å². The number of aryl methyl sites for hydroxylation is 1. The second-order valence-corrected chi connectivity index (χ2v) is 5.60. The number of anilines is 1. The number of nitrogens with one attached hydrogen (secondary N) is 1. The zero-order valence-corrected chi connectivity index (χ0v) is 12.8. The van der Waals surface area contributed by atoms with Crippen molar-refractivity contribution in [1.29, 1.82) is 0 Å². The van der Waals surface area contributed by atoms with E-state index in [-0.39, 0.29) is 29.3 Å². The molecule has 0 unspecified atom stereocenters. The first-order valence-corrected chi connectivity index (χ1v) is 7.54. The minimum absolute atomic E-state index is 0.0559. The number of benzene rings is 1. The molecule has 0 fully saturated rings. The number of hydrogen-bond donors (Lipinski definition) is 2. The Balaban J connectivity index is 1.78. The molecule has 126 valence electrons. The molecule has 1 aliphatic heterocycles. The summed E-state index contributed by atoms with van der Waals surface area (Å²) < 4.78 is 28.9. The number of nitrogens with zero attached hydrogens (tertiary/aromatic N) is 3. The highest BCUT2D eigenvalue weighted by molar-refractivity contribution is 6.25. The summed E-state index contributed by atoms with van der Waals surface area (Å²) in [6.07, 6.45) is 2.53. The summed E-state index contributed by atoms with van der Waals surface area (Å²) in [4.78, 5) is 20.5. The minimum atomic E-state index is -0.695. The van der Waals surface area contributed by atoms with E-state index in [9.17, 15) is 18.7 Å². The smallest absolute Gasteiger partial charge is 0.262 e. The van der Waals surface area contributed by atoms with E-state index in [0.29, 0.717) is 17.6 Å². The maximum Gasteiger partial charge on any atom is 0.262 e. The van der Waals surface area contributed by atoms with Gasteiger partial charge >= 0.3 is 0 Å². The third kappa shape index (κ3) is 2.51. The largest absolute Gasteiger partial charge is 0.511 e. The molecule has 0 saturated carbocycles. The molecule has 3 heterocycles. The van der Waals surface area contributed by atoms with Crippen molar-refractivity contribution in [2.45, 2.75) is 13.0 Å². The Hall–Kier alpha value is -3.29. The monoisotopic (exact) mass is 342 g/mol. The second-order valence-electron chi connectivity index (χ2n) is 5.60. The molecular weight excluding hydrogens is 330 g/mol. The fraction of sp³-hybridized carbons (Fsp3) is 0.118. The Bertz CT molecular complexity index is 1040. The number of aromatic nitrogens is 3. The van der Waals surface area contributed by atoms with Crippen molar-refractivity contribution >= 4 is 28.2 Å². The van der Waals surface area contributed by atoms with Crippen molar-refractivity contribution in [2.24, 2.45) is 0 Å². The maximum atomic E-state index is 13.7. The van der Waals surface area contributed by atoms with E-state index in [1.54, 1.807) is 10.6 Å². The molecule has 0 spiro atoms. The number of carbonyl (C=O) groups excluding carboxylic acids is 1. The van der Waals surface area contributed by atoms with Crippen LogP contribution in [0.5, 0.6) is 0 Å². The number of rotatable bonds is 2. The lowest BCUT2D eigenvalue weighted by Crippen LogP contribution is -2.22. The van der Waals surface area contributed by atoms with Crippen molar-refractivity contribution in [1.82, 2.24) is 14.5 Å². The van der Waals surface area contributed by atoms with Crippen molar-refractivity contribution in [2.75, 3.05) is 5.32 Å². The van der Waals surface area contributed by atoms with E-state index in [2.05, 4.69) is 15.3 Å². The lowest BCUT2D eigenvalue weighted by Gasteiger charge is -2.18. The third-order valence-corrected chi connectivity index (χ3v) is 4.04. The number of aliphatic hydroxyl groups is 1. The van der Waals surface area contributed by atoms with Crippen LogP contribution in [0.2, 0.25) is 0 Å². The summed E-state index contributed by atoms with van der Waals surface area (Å²) in [5.41, 5.74) is 0.924. The molecule has 0 saturated heterocycles. The van der Waals surface area contributed by atoms with Gasteiger partial charge in [-0.15, -0.1) is 0 Å². The Morgan fingerprint density at radius 2 is 2.12 bits per heavy atom. The van der Waals surface area contributed by atoms with E-state index in [1.807, 2.05) is 0 Å². The van der Waals surface area contributed by atoms with Gasteiger partial charge in [-0.25, -0.2) is 13.8 Å². The van der Waals surface area contributed by atoms with Gasteiger partial charge in [0, 0.05) is 25.2 Å². The number of allylic oxidation sites excluding steroid dienone is 1. The molecule has 1 aromatic carbocycles. The van der Waals surface area contributed by atoms with Crippen LogP contribution in [-0.4, -0.2) is 25.5 Å². The Kier molecular flexibility index (Phi) is 3.45. The van der Waals surface area contributed by atoms with Crippen LogP contribution in [0.4, 0.5) is 14.5 Å². The molecule has 1 aliphatic rings. The quantitative estimate of drug-likeness (QED) is 0.750. The van der Waals surface area contributed by atoms with Gasteiger partial charge in [-0.1, -0.05) is 0 Å². The number of halogens is 2. The molecule has 25 heavy (non-hydrogen) atoms. The topological polar surface area (TPSA) is 80.0 Å². The number of pyridine rings is 1. The van der Waals surface area contributed by atoms with Crippen molar-refractivity contribution in [3.63, 3.8) is 0 Å². The summed E-state index contributed by atoms with van der Waals surface area (Å²) in [5.74, 6) is -1.76. The predicted octanol–water partition coefficient (Wildman–Crippen LogP) is 3.02. The summed E-state index contributed by atoms with van der Waals surface area (Å²) in [5, 5.41) is 12.6. The number of amides is 1. The standard InChI is InChI=1S/C17H12F2N4O2/c18-9-1-2-13-12(7-9)21-16-15(14(24)4-6-23(13)16)17(25)22-11-3-5-20-8-10(11)19/h1-3,5,7-8,24H,4,6H2,(H,20,22,25). The Morgan fingerprint density at radius 3 is 2.92 bits per heavy atom. The number of carbonyl (C=O) groups is 1. The molecule has 8 heteroatoms. The van der Waals surface area contributed by atoms with Crippen LogP contribution in [0, 0.1) is 11.6 Å². The molecule has 2 aromatic heterocycles. The van der Waals surface area contributed by atoms with Crippen molar-refractivity contribution in [3.05, 3.63) is 59.9 Å². The number of aliphatic hydroxyl groups excluding tert-OH is 1. The van der Waals surface area contributed by atoms with Gasteiger partial charge in [-0.2, -0.15) is 0 Å². The molecular formula is C17H12F2N4O2. The van der Waals surface area contributed by atoms with Crippen LogP contribution in [0.3, 0.4) is 0 Å². The van der Waals surface area contributed by atoms with Crippen LogP contribution in [0.25, 0.3) is 16.6 Å². The molecule has 0 radical (unpaired) electrons. The van der Waals surface area contributed by atoms with Crippen LogP contribution in [0.15, 0.2) is 42.4 Å². The minimum Gasteiger partial charge on any atom is -0.511 e. The Morgan fingerprint density at radius 1 is 1.28 bits per heavy atom. The van der Waals surface area contributed by atoms with E-state index in [0.717, 1.165) is 6.20 Å². The zero-order valence-electron chi connectivity index (χ0n) is 12.8. The van der Waals surface area contributed by atoms with Crippen molar-refractivity contribution < 1.29 is 18.7 Å². The fourth-order valence-electron chi connectivity index (χ4n) is 2.89. The predicted molar refractivity (Wildman–Crippen MR) is 86.7 cm³/mol. The zero-order chi connectivity index (χ0) is 17.6. The maximum absolute atomic E-state index is 13.7. The first-order valence-electron chi connectivity index (χ1n) is 7.54. The lowest BCUT2D eigenvalue weighted by molar-refractivity contribution is -0.111. The first-order chi connectivity index (χ1) is 12.0. The summed E-state index contributed by atoms with van der Waals surface area (Å²) in [6, 6.07) is 5.45. The van der Waals surface area contributed by atoms with E-state index in [1.165, 1.54) is 24.4 Å². The molecule has 0 aliphatic carbocycles. The number of hydrogen-bond acceptors (Lipinski definition) is 4. The molecule has 0 bridgehead atoms. The first kappa shape index (κ1) is 15.3. The lowest BCUT2D eigenvalue weighted by atomic mass is 10.1. The molecule has 0 atom stereocenters. The Labute approximate surface area is 140 Å². The number of imidazole rings is 1. The van der Waals surface area contributed by atoms with Gasteiger partial charge in [-0.3, -0.25) is 9.78 Å². The van der Waals surface area contributed by atoms with Crippen LogP contribution in [-0.2, 0) is 11.3 Å². The molecule has 6 nitrogen and oxygen atoms in total.